The topological polar surface area (TPSA) is 120 Å². The minimum atomic E-state index is -4.81. The number of pyridine rings is 1. The van der Waals surface area contributed by atoms with Crippen LogP contribution in [-0.2, 0) is 6.18 Å². The molecule has 0 aliphatic heterocycles. The third-order valence-corrected chi connectivity index (χ3v) is 3.60. The average molecular weight is 378 g/mol. The number of aryl methyl sites for hydroxylation is 1. The molecule has 0 bridgehead atoms. The van der Waals surface area contributed by atoms with Gasteiger partial charge in [0.1, 0.15) is 18.1 Å². The van der Waals surface area contributed by atoms with Gasteiger partial charge in [0, 0.05) is 18.6 Å². The molecule has 0 aliphatic rings. The molecule has 0 aliphatic carbocycles. The van der Waals surface area contributed by atoms with Gasteiger partial charge in [-0.3, -0.25) is 14.8 Å². The van der Waals surface area contributed by atoms with Crippen LogP contribution in [0.5, 0.6) is 0 Å². The van der Waals surface area contributed by atoms with E-state index in [2.05, 4.69) is 25.3 Å². The molecule has 3 aromatic rings. The number of oxazole rings is 1. The second-order valence-corrected chi connectivity index (χ2v) is 5.45. The molecule has 3 aromatic heterocycles. The molecule has 0 spiro atoms. The van der Waals surface area contributed by atoms with E-state index in [0.29, 0.717) is 0 Å². The van der Waals surface area contributed by atoms with Crippen molar-refractivity contribution in [2.45, 2.75) is 19.3 Å². The lowest BCUT2D eigenvalue weighted by molar-refractivity contribution is -0.138. The summed E-state index contributed by atoms with van der Waals surface area (Å²) in [6.07, 6.45) is 1.01. The highest BCUT2D eigenvalue weighted by molar-refractivity contribution is 5.92. The number of carbonyl (C=O) groups excluding carboxylic acids is 1. The summed E-state index contributed by atoms with van der Waals surface area (Å²) in [7, 11) is 0. The van der Waals surface area contributed by atoms with Gasteiger partial charge < -0.3 is 15.5 Å². The summed E-state index contributed by atoms with van der Waals surface area (Å²) < 4.78 is 46.4. The van der Waals surface area contributed by atoms with Gasteiger partial charge in [0.15, 0.2) is 0 Å². The molecule has 0 saturated heterocycles. The Balaban J connectivity index is 2.05. The van der Waals surface area contributed by atoms with Crippen molar-refractivity contribution in [2.75, 3.05) is 0 Å². The van der Waals surface area contributed by atoms with E-state index in [0.717, 1.165) is 12.5 Å². The van der Waals surface area contributed by atoms with Crippen molar-refractivity contribution in [3.05, 3.63) is 59.8 Å². The van der Waals surface area contributed by atoms with E-state index in [1.165, 1.54) is 31.7 Å². The smallest absolute Gasteiger partial charge is 0.419 e. The molecule has 0 saturated carbocycles. The number of nitrogens with one attached hydrogen (secondary N) is 1. The number of carbonyl (C=O) groups is 1. The van der Waals surface area contributed by atoms with Gasteiger partial charge in [-0.25, -0.2) is 9.97 Å². The van der Waals surface area contributed by atoms with E-state index in [1.807, 2.05) is 0 Å². The third kappa shape index (κ3) is 3.77. The molecule has 11 heteroatoms. The van der Waals surface area contributed by atoms with Crippen LogP contribution in [0.2, 0.25) is 0 Å². The third-order valence-electron chi connectivity index (χ3n) is 3.60. The van der Waals surface area contributed by atoms with Gasteiger partial charge in [-0.1, -0.05) is 0 Å². The van der Waals surface area contributed by atoms with Crippen LogP contribution in [0.1, 0.15) is 33.5 Å². The van der Waals surface area contributed by atoms with Crippen LogP contribution in [-0.4, -0.2) is 25.8 Å². The van der Waals surface area contributed by atoms with Crippen LogP contribution in [0.15, 0.2) is 41.7 Å². The van der Waals surface area contributed by atoms with Gasteiger partial charge in [-0.05, 0) is 12.5 Å². The minimum Gasteiger partial charge on any atom is -0.445 e. The van der Waals surface area contributed by atoms with Crippen molar-refractivity contribution < 1.29 is 22.4 Å². The van der Waals surface area contributed by atoms with Gasteiger partial charge in [0.05, 0.1) is 29.2 Å². The highest BCUT2D eigenvalue weighted by Gasteiger charge is 2.41. The Morgan fingerprint density at radius 2 is 1.96 bits per heavy atom. The molecule has 0 fully saturated rings. The number of hydrogen-bond donors (Lipinski definition) is 2. The normalized spacial score (nSPS) is 12.6. The van der Waals surface area contributed by atoms with Crippen LogP contribution in [0, 0.1) is 6.92 Å². The zero-order valence-corrected chi connectivity index (χ0v) is 13.9. The zero-order chi connectivity index (χ0) is 19.6. The van der Waals surface area contributed by atoms with E-state index in [4.69, 9.17) is 10.2 Å². The predicted octanol–water partition coefficient (Wildman–Crippen LogP) is 2.24. The van der Waals surface area contributed by atoms with Crippen molar-refractivity contribution >= 4 is 5.91 Å². The van der Waals surface area contributed by atoms with Crippen molar-refractivity contribution in [1.82, 2.24) is 25.3 Å². The Kier molecular flexibility index (Phi) is 4.86. The summed E-state index contributed by atoms with van der Waals surface area (Å²) in [4.78, 5) is 27.2. The first-order chi connectivity index (χ1) is 12.8. The number of rotatable bonds is 4. The van der Waals surface area contributed by atoms with Crippen LogP contribution in [0.4, 0.5) is 13.2 Å². The Bertz CT molecular complexity index is 945. The monoisotopic (exact) mass is 378 g/mol. The predicted molar refractivity (Wildman–Crippen MR) is 85.9 cm³/mol. The summed E-state index contributed by atoms with van der Waals surface area (Å²) in [6, 6.07) is 0. The molecule has 140 valence electrons. The second-order valence-electron chi connectivity index (χ2n) is 5.45. The summed E-state index contributed by atoms with van der Waals surface area (Å²) in [5.41, 5.74) is 3.92. The molecule has 1 unspecified atom stereocenters. The summed E-state index contributed by atoms with van der Waals surface area (Å²) >= 11 is 0. The number of nitrogens with zero attached hydrogens (tertiary/aromatic N) is 4. The lowest BCUT2D eigenvalue weighted by atomic mass is 9.99. The van der Waals surface area contributed by atoms with Crippen molar-refractivity contribution in [3.63, 3.8) is 0 Å². The van der Waals surface area contributed by atoms with Crippen LogP contribution in [0.3, 0.4) is 0 Å². The Morgan fingerprint density at radius 3 is 2.56 bits per heavy atom. The number of nitrogens with two attached hydrogens (primary N) is 1. The van der Waals surface area contributed by atoms with E-state index in [1.54, 1.807) is 0 Å². The Labute approximate surface area is 150 Å². The summed E-state index contributed by atoms with van der Waals surface area (Å²) in [5, 5.41) is 2.24. The first-order valence-corrected chi connectivity index (χ1v) is 7.58. The molecule has 1 amide bonds. The zero-order valence-electron chi connectivity index (χ0n) is 13.9. The van der Waals surface area contributed by atoms with Crippen molar-refractivity contribution in [3.8, 4) is 11.5 Å². The molecule has 0 aromatic carbocycles. The van der Waals surface area contributed by atoms with Crippen LogP contribution >= 0.6 is 0 Å². The molecule has 3 heterocycles. The van der Waals surface area contributed by atoms with E-state index in [-0.39, 0.29) is 22.7 Å². The molecular weight excluding hydrogens is 365 g/mol. The van der Waals surface area contributed by atoms with Gasteiger partial charge in [0.2, 0.25) is 5.89 Å². The molecule has 3 rings (SSSR count). The Morgan fingerprint density at radius 1 is 1.19 bits per heavy atom. The molecule has 3 N–H and O–H groups in total. The summed E-state index contributed by atoms with van der Waals surface area (Å²) in [5.74, 6) is -1.01. The van der Waals surface area contributed by atoms with Gasteiger partial charge in [-0.2, -0.15) is 13.2 Å². The van der Waals surface area contributed by atoms with E-state index >= 15 is 0 Å². The van der Waals surface area contributed by atoms with E-state index in [9.17, 15) is 18.0 Å². The first-order valence-electron chi connectivity index (χ1n) is 7.58. The maximum Gasteiger partial charge on any atom is 0.419 e. The largest absolute Gasteiger partial charge is 0.445 e. The van der Waals surface area contributed by atoms with Gasteiger partial charge in [-0.15, -0.1) is 0 Å². The number of hydrogen-bond acceptors (Lipinski definition) is 7. The standard InChI is InChI=1S/C16H13F3N6O2/c1-8-6-24-12(13(20)25-14(26)9-7-21-2-3-22-9)11(16(17,18)19)10(8)15-23-4-5-27-15/h2-7,13H,20H2,1H3,(H,25,26). The highest BCUT2D eigenvalue weighted by Crippen LogP contribution is 2.41. The quantitative estimate of drug-likeness (QED) is 0.668. The fourth-order valence-electron chi connectivity index (χ4n) is 2.47. The summed E-state index contributed by atoms with van der Waals surface area (Å²) in [6.45, 7) is 1.44. The molecule has 0 radical (unpaired) electrons. The molecule has 1 atom stereocenters. The first kappa shape index (κ1) is 18.5. The maximum atomic E-state index is 13.8. The number of alkyl halides is 3. The average Bonchev–Trinajstić information content (AvgIpc) is 3.15. The second kappa shape index (κ2) is 7.11. The van der Waals surface area contributed by atoms with Crippen LogP contribution in [0.25, 0.3) is 11.5 Å². The lowest BCUT2D eigenvalue weighted by Crippen LogP contribution is -2.37. The fourth-order valence-corrected chi connectivity index (χ4v) is 2.47. The molecule has 27 heavy (non-hydrogen) atoms. The maximum absolute atomic E-state index is 13.8. The molecule has 8 nitrogen and oxygen atoms in total. The number of aromatic nitrogens is 4. The molecular formula is C16H13F3N6O2. The number of amides is 1. The fraction of sp³-hybridized carbons (Fsp3) is 0.188. The SMILES string of the molecule is Cc1cnc(C(N)NC(=O)c2cnccn2)c(C(F)(F)F)c1-c1ncco1. The van der Waals surface area contributed by atoms with Crippen LogP contribution < -0.4 is 11.1 Å². The van der Waals surface area contributed by atoms with E-state index < -0.39 is 29.5 Å². The van der Waals surface area contributed by atoms with Gasteiger partial charge in [0.25, 0.3) is 5.91 Å². The minimum absolute atomic E-state index is 0.0958. The lowest BCUT2D eigenvalue weighted by Gasteiger charge is -2.21. The highest BCUT2D eigenvalue weighted by atomic mass is 19.4. The number of halogens is 3. The van der Waals surface area contributed by atoms with Gasteiger partial charge >= 0.3 is 6.18 Å². The van der Waals surface area contributed by atoms with Crippen molar-refractivity contribution in [2.24, 2.45) is 5.73 Å². The van der Waals surface area contributed by atoms with Crippen molar-refractivity contribution in [1.29, 1.82) is 0 Å². The Hall–Kier alpha value is -3.34.